The van der Waals surface area contributed by atoms with E-state index in [0.29, 0.717) is 6.61 Å². The van der Waals surface area contributed by atoms with Crippen LogP contribution < -0.4 is 4.90 Å². The van der Waals surface area contributed by atoms with Crippen molar-refractivity contribution < 1.29 is 9.53 Å². The molecule has 18 heavy (non-hydrogen) atoms. The van der Waals surface area contributed by atoms with E-state index in [-0.39, 0.29) is 11.9 Å². The second kappa shape index (κ2) is 7.04. The van der Waals surface area contributed by atoms with Gasteiger partial charge in [0.15, 0.2) is 0 Å². The number of benzene rings is 1. The Morgan fingerprint density at radius 2 is 1.83 bits per heavy atom. The first-order chi connectivity index (χ1) is 8.60. The summed E-state index contributed by atoms with van der Waals surface area (Å²) in [6, 6.07) is 8.12. The van der Waals surface area contributed by atoms with E-state index in [0.717, 1.165) is 24.1 Å². The monoisotopic (exact) mass is 249 g/mol. The van der Waals surface area contributed by atoms with Crippen LogP contribution in [0, 0.1) is 0 Å². The molecule has 0 N–H and O–H groups in total. The molecule has 3 nitrogen and oxygen atoms in total. The number of anilines is 1. The van der Waals surface area contributed by atoms with Crippen LogP contribution in [0.15, 0.2) is 24.3 Å². The SMILES string of the molecule is CCCC(C(=O)OCC)c1ccc(N(C)C)cc1. The standard InChI is InChI=1S/C15H23NO2/c1-5-7-14(15(17)18-6-2)12-8-10-13(11-9-12)16(3)4/h8-11,14H,5-7H2,1-4H3. The van der Waals surface area contributed by atoms with Crippen molar-refractivity contribution >= 4 is 11.7 Å². The lowest BCUT2D eigenvalue weighted by Gasteiger charge is -2.17. The number of esters is 1. The van der Waals surface area contributed by atoms with Gasteiger partial charge in [-0.25, -0.2) is 0 Å². The third-order valence-corrected chi connectivity index (χ3v) is 2.96. The molecule has 1 unspecified atom stereocenters. The second-order valence-electron chi connectivity index (χ2n) is 4.58. The van der Waals surface area contributed by atoms with Gasteiger partial charge in [0.25, 0.3) is 0 Å². The molecular formula is C15H23NO2. The van der Waals surface area contributed by atoms with Crippen LogP contribution in [0.2, 0.25) is 0 Å². The van der Waals surface area contributed by atoms with Gasteiger partial charge in [-0.15, -0.1) is 0 Å². The zero-order valence-electron chi connectivity index (χ0n) is 11.8. The van der Waals surface area contributed by atoms with Crippen molar-refractivity contribution in [3.63, 3.8) is 0 Å². The normalized spacial score (nSPS) is 12.0. The molecule has 0 radical (unpaired) electrons. The first kappa shape index (κ1) is 14.6. The molecule has 1 aromatic rings. The summed E-state index contributed by atoms with van der Waals surface area (Å²) in [6.07, 6.45) is 1.80. The Kier molecular flexibility index (Phi) is 5.69. The highest BCUT2D eigenvalue weighted by atomic mass is 16.5. The first-order valence-electron chi connectivity index (χ1n) is 6.54. The number of carbonyl (C=O) groups is 1. The Balaban J connectivity index is 2.88. The predicted octanol–water partition coefficient (Wildman–Crippen LogP) is 3.20. The molecular weight excluding hydrogens is 226 g/mol. The molecule has 0 heterocycles. The fourth-order valence-corrected chi connectivity index (χ4v) is 1.96. The lowest BCUT2D eigenvalue weighted by atomic mass is 9.94. The van der Waals surface area contributed by atoms with E-state index in [1.807, 2.05) is 50.2 Å². The quantitative estimate of drug-likeness (QED) is 0.725. The molecule has 0 fully saturated rings. The molecule has 0 aliphatic rings. The van der Waals surface area contributed by atoms with E-state index in [9.17, 15) is 4.79 Å². The maximum atomic E-state index is 11.9. The summed E-state index contributed by atoms with van der Waals surface area (Å²) < 4.78 is 5.14. The molecule has 1 aromatic carbocycles. The van der Waals surface area contributed by atoms with Gasteiger partial charge in [-0.1, -0.05) is 25.5 Å². The van der Waals surface area contributed by atoms with Gasteiger partial charge in [-0.05, 0) is 31.0 Å². The van der Waals surface area contributed by atoms with Crippen molar-refractivity contribution in [2.24, 2.45) is 0 Å². The highest BCUT2D eigenvalue weighted by Crippen LogP contribution is 2.25. The summed E-state index contributed by atoms with van der Waals surface area (Å²) in [7, 11) is 4.01. The summed E-state index contributed by atoms with van der Waals surface area (Å²) in [4.78, 5) is 14.0. The molecule has 0 aliphatic heterocycles. The maximum absolute atomic E-state index is 11.9. The minimum atomic E-state index is -0.133. The lowest BCUT2D eigenvalue weighted by Crippen LogP contribution is -2.16. The van der Waals surface area contributed by atoms with Gasteiger partial charge in [-0.3, -0.25) is 4.79 Å². The largest absolute Gasteiger partial charge is 0.466 e. The van der Waals surface area contributed by atoms with Crippen LogP contribution in [0.1, 0.15) is 38.2 Å². The van der Waals surface area contributed by atoms with Crippen molar-refractivity contribution in [2.45, 2.75) is 32.6 Å². The van der Waals surface area contributed by atoms with Gasteiger partial charge in [0.2, 0.25) is 0 Å². The van der Waals surface area contributed by atoms with Crippen LogP contribution in [0.3, 0.4) is 0 Å². The molecule has 0 aromatic heterocycles. The van der Waals surface area contributed by atoms with E-state index < -0.39 is 0 Å². The smallest absolute Gasteiger partial charge is 0.313 e. The lowest BCUT2D eigenvalue weighted by molar-refractivity contribution is -0.145. The molecule has 0 aliphatic carbocycles. The number of rotatable bonds is 6. The zero-order valence-corrected chi connectivity index (χ0v) is 11.8. The van der Waals surface area contributed by atoms with Crippen LogP contribution >= 0.6 is 0 Å². The molecule has 0 bridgehead atoms. The van der Waals surface area contributed by atoms with Crippen LogP contribution in [-0.2, 0) is 9.53 Å². The molecule has 0 saturated carbocycles. The van der Waals surface area contributed by atoms with Gasteiger partial charge in [-0.2, -0.15) is 0 Å². The van der Waals surface area contributed by atoms with E-state index in [2.05, 4.69) is 6.92 Å². The average Bonchev–Trinajstić information content (AvgIpc) is 2.36. The summed E-state index contributed by atoms with van der Waals surface area (Å²) in [5.74, 6) is -0.247. The summed E-state index contributed by atoms with van der Waals surface area (Å²) in [5.41, 5.74) is 2.18. The third kappa shape index (κ3) is 3.76. The summed E-state index contributed by atoms with van der Waals surface area (Å²) in [6.45, 7) is 4.37. The van der Waals surface area contributed by atoms with Crippen LogP contribution in [-0.4, -0.2) is 26.7 Å². The fraction of sp³-hybridized carbons (Fsp3) is 0.533. The molecule has 0 amide bonds. The van der Waals surface area contributed by atoms with Gasteiger partial charge in [0.05, 0.1) is 12.5 Å². The Morgan fingerprint density at radius 3 is 2.28 bits per heavy atom. The van der Waals surface area contributed by atoms with Gasteiger partial charge in [0.1, 0.15) is 0 Å². The number of nitrogens with zero attached hydrogens (tertiary/aromatic N) is 1. The van der Waals surface area contributed by atoms with Crippen molar-refractivity contribution in [3.8, 4) is 0 Å². The molecule has 0 spiro atoms. The number of carbonyl (C=O) groups excluding carboxylic acids is 1. The number of hydrogen-bond donors (Lipinski definition) is 0. The topological polar surface area (TPSA) is 29.5 Å². The molecule has 3 heteroatoms. The Hall–Kier alpha value is -1.51. The van der Waals surface area contributed by atoms with Gasteiger partial charge < -0.3 is 9.64 Å². The van der Waals surface area contributed by atoms with Crippen molar-refractivity contribution in [1.29, 1.82) is 0 Å². The van der Waals surface area contributed by atoms with E-state index in [1.165, 1.54) is 0 Å². The van der Waals surface area contributed by atoms with Crippen molar-refractivity contribution in [3.05, 3.63) is 29.8 Å². The van der Waals surface area contributed by atoms with E-state index in [4.69, 9.17) is 4.74 Å². The molecule has 1 rings (SSSR count). The number of ether oxygens (including phenoxy) is 1. The zero-order chi connectivity index (χ0) is 13.5. The van der Waals surface area contributed by atoms with Crippen LogP contribution in [0.25, 0.3) is 0 Å². The van der Waals surface area contributed by atoms with Crippen LogP contribution in [0.5, 0.6) is 0 Å². The maximum Gasteiger partial charge on any atom is 0.313 e. The van der Waals surface area contributed by atoms with Gasteiger partial charge in [0, 0.05) is 19.8 Å². The first-order valence-corrected chi connectivity index (χ1v) is 6.54. The third-order valence-electron chi connectivity index (χ3n) is 2.96. The fourth-order valence-electron chi connectivity index (χ4n) is 1.96. The minimum Gasteiger partial charge on any atom is -0.466 e. The highest BCUT2D eigenvalue weighted by Gasteiger charge is 2.20. The Labute approximate surface area is 110 Å². The van der Waals surface area contributed by atoms with Crippen LogP contribution in [0.4, 0.5) is 5.69 Å². The van der Waals surface area contributed by atoms with Crippen molar-refractivity contribution in [2.75, 3.05) is 25.6 Å². The molecule has 1 atom stereocenters. The summed E-state index contributed by atoms with van der Waals surface area (Å²) >= 11 is 0. The number of hydrogen-bond acceptors (Lipinski definition) is 3. The van der Waals surface area contributed by atoms with Crippen molar-refractivity contribution in [1.82, 2.24) is 0 Å². The summed E-state index contributed by atoms with van der Waals surface area (Å²) in [5, 5.41) is 0. The minimum absolute atomic E-state index is 0.114. The Morgan fingerprint density at radius 1 is 1.22 bits per heavy atom. The van der Waals surface area contributed by atoms with Gasteiger partial charge >= 0.3 is 5.97 Å². The van der Waals surface area contributed by atoms with E-state index >= 15 is 0 Å². The molecule has 0 saturated heterocycles. The highest BCUT2D eigenvalue weighted by molar-refractivity contribution is 5.78. The second-order valence-corrected chi connectivity index (χ2v) is 4.58. The van der Waals surface area contributed by atoms with E-state index in [1.54, 1.807) is 0 Å². The average molecular weight is 249 g/mol. The predicted molar refractivity (Wildman–Crippen MR) is 75.1 cm³/mol. The Bertz CT molecular complexity index is 371. The molecule has 100 valence electrons.